The molecule has 2 rings (SSSR count). The molecule has 0 aliphatic rings. The van der Waals surface area contributed by atoms with Crippen molar-refractivity contribution in [3.63, 3.8) is 0 Å². The molecule has 0 atom stereocenters. The Hall–Kier alpha value is -2.49. The predicted molar refractivity (Wildman–Crippen MR) is 112 cm³/mol. The molecule has 0 saturated heterocycles. The second-order valence-electron chi connectivity index (χ2n) is 6.80. The van der Waals surface area contributed by atoms with Crippen LogP contribution in [0.25, 0.3) is 0 Å². The molecule has 0 bridgehead atoms. The summed E-state index contributed by atoms with van der Waals surface area (Å²) >= 11 is 0. The van der Waals surface area contributed by atoms with Crippen LogP contribution in [0.2, 0.25) is 0 Å². The van der Waals surface area contributed by atoms with E-state index in [0.717, 1.165) is 24.1 Å². The minimum absolute atomic E-state index is 0.0367. The third-order valence-electron chi connectivity index (χ3n) is 4.50. The monoisotopic (exact) mass is 365 g/mol. The minimum atomic E-state index is -0.0367. The van der Waals surface area contributed by atoms with Gasteiger partial charge in [-0.2, -0.15) is 5.10 Å². The number of hydrogen-bond donors (Lipinski definition) is 1. The SMILES string of the molecule is CCCCCCCCCCC(=O)N/N=C(\c1ccccc1)c1ccccn1. The Morgan fingerprint density at radius 2 is 1.56 bits per heavy atom. The van der Waals surface area contributed by atoms with Gasteiger partial charge in [-0.05, 0) is 18.6 Å². The number of nitrogens with zero attached hydrogens (tertiary/aromatic N) is 2. The van der Waals surface area contributed by atoms with Crippen LogP contribution in [0.3, 0.4) is 0 Å². The Morgan fingerprint density at radius 3 is 2.22 bits per heavy atom. The molecule has 0 aliphatic heterocycles. The fraction of sp³-hybridized carbons (Fsp3) is 0.435. The van der Waals surface area contributed by atoms with Crippen molar-refractivity contribution in [2.75, 3.05) is 0 Å². The normalized spacial score (nSPS) is 11.4. The highest BCUT2D eigenvalue weighted by Crippen LogP contribution is 2.10. The van der Waals surface area contributed by atoms with Crippen molar-refractivity contribution >= 4 is 11.6 Å². The summed E-state index contributed by atoms with van der Waals surface area (Å²) in [5.74, 6) is -0.0367. The van der Waals surface area contributed by atoms with Gasteiger partial charge in [0.05, 0.1) is 5.69 Å². The van der Waals surface area contributed by atoms with E-state index in [4.69, 9.17) is 0 Å². The van der Waals surface area contributed by atoms with E-state index in [1.54, 1.807) is 6.20 Å². The van der Waals surface area contributed by atoms with E-state index >= 15 is 0 Å². The zero-order valence-electron chi connectivity index (χ0n) is 16.4. The van der Waals surface area contributed by atoms with E-state index in [0.29, 0.717) is 12.1 Å². The number of amides is 1. The molecule has 4 nitrogen and oxygen atoms in total. The molecule has 1 aromatic carbocycles. The smallest absolute Gasteiger partial charge is 0.240 e. The van der Waals surface area contributed by atoms with Crippen molar-refractivity contribution in [1.29, 1.82) is 0 Å². The Kier molecular flexibility index (Phi) is 9.87. The maximum atomic E-state index is 12.1. The molecule has 1 aromatic heterocycles. The second-order valence-corrected chi connectivity index (χ2v) is 6.80. The number of hydrogen-bond acceptors (Lipinski definition) is 3. The van der Waals surface area contributed by atoms with E-state index in [2.05, 4.69) is 22.4 Å². The Bertz CT molecular complexity index is 642. The highest BCUT2D eigenvalue weighted by molar-refractivity contribution is 6.11. The molecule has 4 heteroatoms. The quantitative estimate of drug-likeness (QED) is 0.307. The number of benzene rings is 1. The molecule has 27 heavy (non-hydrogen) atoms. The fourth-order valence-corrected chi connectivity index (χ4v) is 2.96. The highest BCUT2D eigenvalue weighted by Gasteiger charge is 2.09. The van der Waals surface area contributed by atoms with Crippen LogP contribution in [-0.2, 0) is 4.79 Å². The van der Waals surface area contributed by atoms with Gasteiger partial charge in [0.15, 0.2) is 0 Å². The zero-order chi connectivity index (χ0) is 19.2. The number of pyridine rings is 1. The van der Waals surface area contributed by atoms with Crippen molar-refractivity contribution < 1.29 is 4.79 Å². The van der Waals surface area contributed by atoms with Gasteiger partial charge in [-0.15, -0.1) is 0 Å². The van der Waals surface area contributed by atoms with Crippen molar-refractivity contribution in [3.8, 4) is 0 Å². The van der Waals surface area contributed by atoms with Gasteiger partial charge in [0.25, 0.3) is 0 Å². The maximum absolute atomic E-state index is 12.1. The van der Waals surface area contributed by atoms with Crippen LogP contribution in [0.1, 0.15) is 76.0 Å². The summed E-state index contributed by atoms with van der Waals surface area (Å²) < 4.78 is 0. The van der Waals surface area contributed by atoms with Crippen LogP contribution in [0, 0.1) is 0 Å². The Balaban J connectivity index is 1.81. The molecule has 0 fully saturated rings. The summed E-state index contributed by atoms with van der Waals surface area (Å²) in [5, 5.41) is 4.37. The van der Waals surface area contributed by atoms with Gasteiger partial charge < -0.3 is 0 Å². The molecule has 0 saturated carbocycles. The summed E-state index contributed by atoms with van der Waals surface area (Å²) in [5.41, 5.74) is 5.07. The lowest BCUT2D eigenvalue weighted by Crippen LogP contribution is -2.20. The molecule has 144 valence electrons. The molecule has 1 amide bonds. The lowest BCUT2D eigenvalue weighted by molar-refractivity contribution is -0.121. The van der Waals surface area contributed by atoms with Gasteiger partial charge in [-0.25, -0.2) is 5.43 Å². The number of carbonyl (C=O) groups excluding carboxylic acids is 1. The molecule has 0 unspecified atom stereocenters. The number of hydrazone groups is 1. The third-order valence-corrected chi connectivity index (χ3v) is 4.50. The number of aromatic nitrogens is 1. The number of unbranched alkanes of at least 4 members (excludes halogenated alkanes) is 7. The number of rotatable bonds is 12. The van der Waals surface area contributed by atoms with Gasteiger partial charge in [0, 0.05) is 18.2 Å². The first-order chi connectivity index (χ1) is 13.3. The molecule has 0 spiro atoms. The number of nitrogens with one attached hydrogen (secondary N) is 1. The lowest BCUT2D eigenvalue weighted by Gasteiger charge is -2.07. The van der Waals surface area contributed by atoms with Crippen LogP contribution >= 0.6 is 0 Å². The van der Waals surface area contributed by atoms with Crippen molar-refractivity contribution in [1.82, 2.24) is 10.4 Å². The van der Waals surface area contributed by atoms with Gasteiger partial charge in [0.1, 0.15) is 5.71 Å². The molecule has 1 heterocycles. The van der Waals surface area contributed by atoms with Gasteiger partial charge in [-0.1, -0.05) is 88.3 Å². The van der Waals surface area contributed by atoms with Crippen LogP contribution in [0.5, 0.6) is 0 Å². The average Bonchev–Trinajstić information content (AvgIpc) is 2.72. The van der Waals surface area contributed by atoms with E-state index in [1.807, 2.05) is 48.5 Å². The van der Waals surface area contributed by atoms with Crippen LogP contribution < -0.4 is 5.43 Å². The third kappa shape index (κ3) is 8.16. The van der Waals surface area contributed by atoms with E-state index in [1.165, 1.54) is 38.5 Å². The summed E-state index contributed by atoms with van der Waals surface area (Å²) in [6.07, 6.45) is 12.0. The Morgan fingerprint density at radius 1 is 0.889 bits per heavy atom. The van der Waals surface area contributed by atoms with Crippen LogP contribution in [0.15, 0.2) is 59.8 Å². The first kappa shape index (κ1) is 20.8. The second kappa shape index (κ2) is 12.8. The molecular weight excluding hydrogens is 334 g/mol. The molecule has 0 aliphatic carbocycles. The summed E-state index contributed by atoms with van der Waals surface area (Å²) in [6.45, 7) is 2.23. The molecule has 1 N–H and O–H groups in total. The first-order valence-corrected chi connectivity index (χ1v) is 10.1. The largest absolute Gasteiger partial charge is 0.273 e. The maximum Gasteiger partial charge on any atom is 0.240 e. The predicted octanol–water partition coefficient (Wildman–Crippen LogP) is 5.48. The van der Waals surface area contributed by atoms with Crippen molar-refractivity contribution in [2.45, 2.75) is 64.7 Å². The van der Waals surface area contributed by atoms with E-state index < -0.39 is 0 Å². The lowest BCUT2D eigenvalue weighted by atomic mass is 10.1. The van der Waals surface area contributed by atoms with Crippen molar-refractivity contribution in [2.24, 2.45) is 5.10 Å². The first-order valence-electron chi connectivity index (χ1n) is 10.1. The van der Waals surface area contributed by atoms with Gasteiger partial charge in [-0.3, -0.25) is 9.78 Å². The minimum Gasteiger partial charge on any atom is -0.273 e. The average molecular weight is 366 g/mol. The molecule has 0 radical (unpaired) electrons. The van der Waals surface area contributed by atoms with Gasteiger partial charge in [0.2, 0.25) is 5.91 Å². The molecular formula is C23H31N3O. The van der Waals surface area contributed by atoms with E-state index in [-0.39, 0.29) is 5.91 Å². The van der Waals surface area contributed by atoms with Crippen molar-refractivity contribution in [3.05, 3.63) is 66.0 Å². The number of carbonyl (C=O) groups is 1. The summed E-state index contributed by atoms with van der Waals surface area (Å²) in [4.78, 5) is 16.5. The summed E-state index contributed by atoms with van der Waals surface area (Å²) in [7, 11) is 0. The van der Waals surface area contributed by atoms with Crippen LogP contribution in [0.4, 0.5) is 0 Å². The highest BCUT2D eigenvalue weighted by atomic mass is 16.2. The van der Waals surface area contributed by atoms with Gasteiger partial charge >= 0.3 is 0 Å². The molecule has 2 aromatic rings. The van der Waals surface area contributed by atoms with E-state index in [9.17, 15) is 4.79 Å². The zero-order valence-corrected chi connectivity index (χ0v) is 16.4. The van der Waals surface area contributed by atoms with Crippen LogP contribution in [-0.4, -0.2) is 16.6 Å². The topological polar surface area (TPSA) is 54.4 Å². The standard InChI is InChI=1S/C23H31N3O/c1-2-3-4-5-6-7-8-12-18-22(27)25-26-23(20-15-10-9-11-16-20)21-17-13-14-19-24-21/h9-11,13-17,19H,2-8,12,18H2,1H3,(H,25,27)/b26-23+. The fourth-order valence-electron chi connectivity index (χ4n) is 2.96. The Labute approximate surface area is 163 Å². The summed E-state index contributed by atoms with van der Waals surface area (Å²) in [6, 6.07) is 15.5.